The maximum absolute atomic E-state index is 12.6. The van der Waals surface area contributed by atoms with Gasteiger partial charge < -0.3 is 15.4 Å². The molecule has 1 heterocycles. The summed E-state index contributed by atoms with van der Waals surface area (Å²) in [6.07, 6.45) is 1.57. The monoisotopic (exact) mass is 411 g/mol. The number of nitrogens with one attached hydrogen (secondary N) is 2. The molecule has 0 unspecified atom stereocenters. The highest BCUT2D eigenvalue weighted by atomic mass is 32.2. The predicted molar refractivity (Wildman–Crippen MR) is 113 cm³/mol. The number of hydrogen-bond donors (Lipinski definition) is 2. The molecule has 0 radical (unpaired) electrons. The Kier molecular flexibility index (Phi) is 6.50. The van der Waals surface area contributed by atoms with E-state index in [4.69, 9.17) is 4.74 Å². The summed E-state index contributed by atoms with van der Waals surface area (Å²) in [6, 6.07) is 14.5. The molecule has 1 atom stereocenters. The van der Waals surface area contributed by atoms with Gasteiger partial charge in [-0.1, -0.05) is 30.0 Å². The van der Waals surface area contributed by atoms with E-state index in [9.17, 15) is 9.59 Å². The molecule has 1 aromatic heterocycles. The number of nitrogens with zero attached hydrogens (tertiary/aromatic N) is 3. The molecular weight excluding hydrogens is 390 g/mol. The number of para-hydroxylation sites is 2. The van der Waals surface area contributed by atoms with Gasteiger partial charge in [0.15, 0.2) is 5.16 Å². The number of amides is 2. The Morgan fingerprint density at radius 2 is 1.93 bits per heavy atom. The zero-order valence-corrected chi connectivity index (χ0v) is 17.1. The van der Waals surface area contributed by atoms with Gasteiger partial charge in [-0.15, -0.1) is 10.2 Å². The van der Waals surface area contributed by atoms with E-state index in [1.165, 1.54) is 18.7 Å². The molecule has 0 aliphatic heterocycles. The Hall–Kier alpha value is -3.33. The zero-order chi connectivity index (χ0) is 20.8. The van der Waals surface area contributed by atoms with Crippen molar-refractivity contribution in [2.75, 3.05) is 17.7 Å². The van der Waals surface area contributed by atoms with Crippen LogP contribution in [0.25, 0.3) is 5.69 Å². The third-order valence-corrected chi connectivity index (χ3v) is 5.03. The van der Waals surface area contributed by atoms with Gasteiger partial charge in [-0.3, -0.25) is 14.2 Å². The standard InChI is InChI=1S/C20H21N5O3S/c1-13(19(27)23-17-9-4-5-10-18(17)28-3)29-20-24-21-12-25(20)16-8-6-7-15(11-16)22-14(2)26/h4-13H,1-3H3,(H,22,26)(H,23,27)/t13-/m1/s1. The Bertz CT molecular complexity index is 1020. The molecular formula is C20H21N5O3S. The van der Waals surface area contributed by atoms with Crippen molar-refractivity contribution >= 4 is 35.0 Å². The third kappa shape index (κ3) is 5.14. The molecule has 9 heteroatoms. The molecule has 0 aliphatic rings. The normalized spacial score (nSPS) is 11.6. The average Bonchev–Trinajstić information content (AvgIpc) is 3.16. The van der Waals surface area contributed by atoms with Crippen molar-refractivity contribution < 1.29 is 14.3 Å². The number of aromatic nitrogens is 3. The number of anilines is 2. The minimum absolute atomic E-state index is 0.151. The number of hydrogen-bond acceptors (Lipinski definition) is 6. The first kappa shape index (κ1) is 20.4. The maximum atomic E-state index is 12.6. The number of carbonyl (C=O) groups is 2. The van der Waals surface area contributed by atoms with Crippen LogP contribution >= 0.6 is 11.8 Å². The molecule has 2 aromatic carbocycles. The van der Waals surface area contributed by atoms with Gasteiger partial charge in [-0.05, 0) is 37.3 Å². The van der Waals surface area contributed by atoms with Gasteiger partial charge in [-0.25, -0.2) is 0 Å². The van der Waals surface area contributed by atoms with Crippen molar-refractivity contribution in [3.63, 3.8) is 0 Å². The van der Waals surface area contributed by atoms with Gasteiger partial charge in [0.1, 0.15) is 12.1 Å². The van der Waals surface area contributed by atoms with E-state index in [1.807, 2.05) is 30.3 Å². The van der Waals surface area contributed by atoms with Crippen molar-refractivity contribution in [1.29, 1.82) is 0 Å². The summed E-state index contributed by atoms with van der Waals surface area (Å²) in [5.74, 6) is 0.263. The SMILES string of the molecule is COc1ccccc1NC(=O)[C@@H](C)Sc1nncn1-c1cccc(NC(C)=O)c1. The van der Waals surface area contributed by atoms with E-state index in [0.717, 1.165) is 5.69 Å². The highest BCUT2D eigenvalue weighted by Crippen LogP contribution is 2.28. The molecule has 0 aliphatic carbocycles. The summed E-state index contributed by atoms with van der Waals surface area (Å²) in [6.45, 7) is 3.25. The number of methoxy groups -OCH3 is 1. The fourth-order valence-electron chi connectivity index (χ4n) is 2.61. The fraction of sp³-hybridized carbons (Fsp3) is 0.200. The van der Waals surface area contributed by atoms with Crippen LogP contribution in [0.1, 0.15) is 13.8 Å². The Labute approximate surface area is 172 Å². The molecule has 0 saturated heterocycles. The summed E-state index contributed by atoms with van der Waals surface area (Å²) in [4.78, 5) is 23.9. The van der Waals surface area contributed by atoms with Crippen LogP contribution < -0.4 is 15.4 Å². The number of thioether (sulfide) groups is 1. The lowest BCUT2D eigenvalue weighted by Gasteiger charge is -2.14. The van der Waals surface area contributed by atoms with Crippen LogP contribution in [0.4, 0.5) is 11.4 Å². The van der Waals surface area contributed by atoms with Crippen molar-refractivity contribution in [2.24, 2.45) is 0 Å². The highest BCUT2D eigenvalue weighted by molar-refractivity contribution is 8.00. The molecule has 2 amide bonds. The van der Waals surface area contributed by atoms with Crippen molar-refractivity contribution in [3.8, 4) is 11.4 Å². The molecule has 0 saturated carbocycles. The van der Waals surface area contributed by atoms with Crippen LogP contribution in [0.2, 0.25) is 0 Å². The van der Waals surface area contributed by atoms with E-state index >= 15 is 0 Å². The van der Waals surface area contributed by atoms with E-state index in [0.29, 0.717) is 22.3 Å². The van der Waals surface area contributed by atoms with Gasteiger partial charge in [0, 0.05) is 12.6 Å². The lowest BCUT2D eigenvalue weighted by atomic mass is 10.2. The predicted octanol–water partition coefficient (Wildman–Crippen LogP) is 3.35. The first-order valence-electron chi connectivity index (χ1n) is 8.86. The molecule has 3 aromatic rings. The number of ether oxygens (including phenoxy) is 1. The number of benzene rings is 2. The van der Waals surface area contributed by atoms with Crippen LogP contribution in [-0.2, 0) is 9.59 Å². The van der Waals surface area contributed by atoms with Gasteiger partial charge in [0.05, 0.1) is 23.7 Å². The highest BCUT2D eigenvalue weighted by Gasteiger charge is 2.19. The Morgan fingerprint density at radius 1 is 1.14 bits per heavy atom. The van der Waals surface area contributed by atoms with Crippen LogP contribution in [0.15, 0.2) is 60.0 Å². The summed E-state index contributed by atoms with van der Waals surface area (Å²) >= 11 is 1.28. The molecule has 0 fully saturated rings. The summed E-state index contributed by atoms with van der Waals surface area (Å²) in [7, 11) is 1.56. The molecule has 3 rings (SSSR count). The topological polar surface area (TPSA) is 98.1 Å². The number of carbonyl (C=O) groups excluding carboxylic acids is 2. The Balaban J connectivity index is 1.74. The first-order valence-corrected chi connectivity index (χ1v) is 9.74. The van der Waals surface area contributed by atoms with E-state index in [-0.39, 0.29) is 11.8 Å². The Morgan fingerprint density at radius 3 is 2.69 bits per heavy atom. The number of rotatable bonds is 7. The van der Waals surface area contributed by atoms with Crippen LogP contribution in [0.5, 0.6) is 5.75 Å². The van der Waals surface area contributed by atoms with E-state index in [2.05, 4.69) is 20.8 Å². The van der Waals surface area contributed by atoms with Gasteiger partial charge in [0.2, 0.25) is 11.8 Å². The quantitative estimate of drug-likeness (QED) is 0.579. The third-order valence-electron chi connectivity index (χ3n) is 3.98. The summed E-state index contributed by atoms with van der Waals surface area (Å²) < 4.78 is 7.04. The van der Waals surface area contributed by atoms with Crippen molar-refractivity contribution in [3.05, 3.63) is 54.9 Å². The molecule has 29 heavy (non-hydrogen) atoms. The summed E-state index contributed by atoms with van der Waals surface area (Å²) in [5.41, 5.74) is 2.06. The van der Waals surface area contributed by atoms with E-state index in [1.54, 1.807) is 43.1 Å². The lowest BCUT2D eigenvalue weighted by molar-refractivity contribution is -0.115. The second-order valence-corrected chi connectivity index (χ2v) is 7.47. The second-order valence-electron chi connectivity index (χ2n) is 6.16. The lowest BCUT2D eigenvalue weighted by Crippen LogP contribution is -2.23. The molecule has 2 N–H and O–H groups in total. The second kappa shape index (κ2) is 9.24. The van der Waals surface area contributed by atoms with Crippen LogP contribution in [-0.4, -0.2) is 38.9 Å². The minimum Gasteiger partial charge on any atom is -0.495 e. The first-order chi connectivity index (χ1) is 14.0. The average molecular weight is 411 g/mol. The van der Waals surface area contributed by atoms with Crippen LogP contribution in [0.3, 0.4) is 0 Å². The van der Waals surface area contributed by atoms with Crippen LogP contribution in [0, 0.1) is 0 Å². The largest absolute Gasteiger partial charge is 0.495 e. The summed E-state index contributed by atoms with van der Waals surface area (Å²) in [5, 5.41) is 13.9. The molecule has 0 bridgehead atoms. The van der Waals surface area contributed by atoms with Gasteiger partial charge >= 0.3 is 0 Å². The molecule has 0 spiro atoms. The fourth-order valence-corrected chi connectivity index (χ4v) is 3.46. The maximum Gasteiger partial charge on any atom is 0.237 e. The minimum atomic E-state index is -0.429. The smallest absolute Gasteiger partial charge is 0.237 e. The zero-order valence-electron chi connectivity index (χ0n) is 16.2. The van der Waals surface area contributed by atoms with Crippen molar-refractivity contribution in [1.82, 2.24) is 14.8 Å². The van der Waals surface area contributed by atoms with Crippen molar-refractivity contribution in [2.45, 2.75) is 24.3 Å². The van der Waals surface area contributed by atoms with E-state index < -0.39 is 5.25 Å². The van der Waals surface area contributed by atoms with Gasteiger partial charge in [-0.2, -0.15) is 0 Å². The molecule has 8 nitrogen and oxygen atoms in total. The molecule has 150 valence electrons. The van der Waals surface area contributed by atoms with Gasteiger partial charge in [0.25, 0.3) is 0 Å².